The largest absolute Gasteiger partial charge is 0.453 e. The molecule has 8 heteroatoms. The highest BCUT2D eigenvalue weighted by molar-refractivity contribution is 6.36. The minimum absolute atomic E-state index is 0.127. The maximum Gasteiger partial charge on any atom is 0.306 e. The second kappa shape index (κ2) is 8.36. The second-order valence-corrected chi connectivity index (χ2v) is 6.39. The highest BCUT2D eigenvalue weighted by Gasteiger charge is 2.20. The minimum Gasteiger partial charge on any atom is -0.453 e. The molecule has 0 aliphatic carbocycles. The molecule has 0 radical (unpaired) electrons. The van der Waals surface area contributed by atoms with Crippen molar-refractivity contribution in [2.75, 3.05) is 5.32 Å². The fourth-order valence-corrected chi connectivity index (χ4v) is 2.68. The van der Waals surface area contributed by atoms with Gasteiger partial charge < -0.3 is 14.6 Å². The van der Waals surface area contributed by atoms with E-state index in [4.69, 9.17) is 32.5 Å². The lowest BCUT2D eigenvalue weighted by Gasteiger charge is -2.14. The third-order valence-corrected chi connectivity index (χ3v) is 4.17. The van der Waals surface area contributed by atoms with Gasteiger partial charge in [0, 0.05) is 17.0 Å². The summed E-state index contributed by atoms with van der Waals surface area (Å²) in [7, 11) is 0. The molecule has 0 saturated heterocycles. The number of ether oxygens (including phenoxy) is 1. The predicted octanol–water partition coefficient (Wildman–Crippen LogP) is 4.10. The second-order valence-electron chi connectivity index (χ2n) is 5.55. The third-order valence-electron chi connectivity index (χ3n) is 3.63. The standard InChI is InChI=1S/C17H18Cl2N2O4/c1-9-13(10(2)25-21-9)5-7-16(22)24-11(3)17(23)20-15-6-4-12(18)8-14(15)19/h4,6,8,11H,5,7H2,1-3H3,(H,20,23)/t11-/m0/s1. The van der Waals surface area contributed by atoms with E-state index in [-0.39, 0.29) is 6.42 Å². The quantitative estimate of drug-likeness (QED) is 0.758. The number of carbonyl (C=O) groups is 2. The number of hydrogen-bond acceptors (Lipinski definition) is 5. The van der Waals surface area contributed by atoms with Crippen LogP contribution >= 0.6 is 23.2 Å². The molecule has 0 saturated carbocycles. The van der Waals surface area contributed by atoms with E-state index in [9.17, 15) is 9.59 Å². The molecule has 6 nitrogen and oxygen atoms in total. The van der Waals surface area contributed by atoms with Crippen LogP contribution < -0.4 is 5.32 Å². The number of carbonyl (C=O) groups excluding carboxylic acids is 2. The van der Waals surface area contributed by atoms with Crippen LogP contribution in [0.15, 0.2) is 22.7 Å². The van der Waals surface area contributed by atoms with Crippen molar-refractivity contribution in [2.24, 2.45) is 0 Å². The molecule has 0 aliphatic rings. The number of aromatic nitrogens is 1. The molecule has 0 aliphatic heterocycles. The number of halogens is 2. The summed E-state index contributed by atoms with van der Waals surface area (Å²) in [5, 5.41) is 7.19. The van der Waals surface area contributed by atoms with Gasteiger partial charge in [-0.25, -0.2) is 0 Å². The first-order valence-corrected chi connectivity index (χ1v) is 8.40. The van der Waals surface area contributed by atoms with Crippen molar-refractivity contribution in [3.63, 3.8) is 0 Å². The highest BCUT2D eigenvalue weighted by Crippen LogP contribution is 2.25. The zero-order valence-corrected chi connectivity index (χ0v) is 15.6. The lowest BCUT2D eigenvalue weighted by molar-refractivity contribution is -0.153. The molecular formula is C17H18Cl2N2O4. The smallest absolute Gasteiger partial charge is 0.306 e. The topological polar surface area (TPSA) is 81.4 Å². The number of esters is 1. The number of benzene rings is 1. The molecule has 1 atom stereocenters. The van der Waals surface area contributed by atoms with Crippen LogP contribution in [0.1, 0.15) is 30.4 Å². The number of aryl methyl sites for hydroxylation is 2. The van der Waals surface area contributed by atoms with Crippen molar-refractivity contribution in [1.29, 1.82) is 0 Å². The summed E-state index contributed by atoms with van der Waals surface area (Å²) in [6, 6.07) is 4.69. The Kier molecular flexibility index (Phi) is 6.45. The maximum absolute atomic E-state index is 12.1. The Hall–Kier alpha value is -2.05. The molecule has 25 heavy (non-hydrogen) atoms. The van der Waals surface area contributed by atoms with Crippen LogP contribution in [-0.4, -0.2) is 23.1 Å². The molecule has 1 N–H and O–H groups in total. The lowest BCUT2D eigenvalue weighted by atomic mass is 10.1. The van der Waals surface area contributed by atoms with E-state index in [0.717, 1.165) is 11.3 Å². The van der Waals surface area contributed by atoms with Crippen LogP contribution in [0.2, 0.25) is 10.0 Å². The average Bonchev–Trinajstić information content (AvgIpc) is 2.86. The maximum atomic E-state index is 12.1. The molecule has 2 rings (SSSR count). The third kappa shape index (κ3) is 5.21. The Morgan fingerprint density at radius 2 is 2.04 bits per heavy atom. The summed E-state index contributed by atoms with van der Waals surface area (Å²) in [5.41, 5.74) is 2.02. The van der Waals surface area contributed by atoms with E-state index in [0.29, 0.717) is 27.9 Å². The summed E-state index contributed by atoms with van der Waals surface area (Å²) in [6.07, 6.45) is -0.386. The van der Waals surface area contributed by atoms with Gasteiger partial charge in [-0.2, -0.15) is 0 Å². The number of nitrogens with zero attached hydrogens (tertiary/aromatic N) is 1. The van der Waals surface area contributed by atoms with Crippen LogP contribution in [-0.2, 0) is 20.7 Å². The molecule has 0 unspecified atom stereocenters. The van der Waals surface area contributed by atoms with Crippen molar-refractivity contribution in [2.45, 2.75) is 39.7 Å². The number of amides is 1. The minimum atomic E-state index is -0.955. The monoisotopic (exact) mass is 384 g/mol. The van der Waals surface area contributed by atoms with E-state index in [1.807, 2.05) is 6.92 Å². The zero-order chi connectivity index (χ0) is 18.6. The predicted molar refractivity (Wildman–Crippen MR) is 94.9 cm³/mol. The van der Waals surface area contributed by atoms with E-state index >= 15 is 0 Å². The number of hydrogen-bond donors (Lipinski definition) is 1. The van der Waals surface area contributed by atoms with Crippen molar-refractivity contribution >= 4 is 40.8 Å². The molecule has 1 amide bonds. The molecule has 2 aromatic rings. The Balaban J connectivity index is 1.86. The SMILES string of the molecule is Cc1noc(C)c1CCC(=O)O[C@@H](C)C(=O)Nc1ccc(Cl)cc1Cl. The van der Waals surface area contributed by atoms with Gasteiger partial charge in [-0.3, -0.25) is 9.59 Å². The molecule has 1 aromatic heterocycles. The van der Waals surface area contributed by atoms with Gasteiger partial charge >= 0.3 is 5.97 Å². The van der Waals surface area contributed by atoms with Crippen molar-refractivity contribution in [3.05, 3.63) is 45.3 Å². The van der Waals surface area contributed by atoms with Crippen molar-refractivity contribution in [1.82, 2.24) is 5.16 Å². The molecule has 1 aromatic carbocycles. The number of rotatable bonds is 6. The summed E-state index contributed by atoms with van der Waals surface area (Å²) in [5.74, 6) is -0.284. The van der Waals surface area contributed by atoms with E-state index in [1.165, 1.54) is 13.0 Å². The molecular weight excluding hydrogens is 367 g/mol. The average molecular weight is 385 g/mol. The van der Waals surface area contributed by atoms with Gasteiger partial charge in [-0.1, -0.05) is 28.4 Å². The van der Waals surface area contributed by atoms with Gasteiger partial charge in [-0.15, -0.1) is 0 Å². The van der Waals surface area contributed by atoms with E-state index in [2.05, 4.69) is 10.5 Å². The molecule has 0 spiro atoms. The Morgan fingerprint density at radius 3 is 2.64 bits per heavy atom. The summed E-state index contributed by atoms with van der Waals surface area (Å²) < 4.78 is 10.2. The van der Waals surface area contributed by atoms with Crippen LogP contribution in [0.3, 0.4) is 0 Å². The fourth-order valence-electron chi connectivity index (χ4n) is 2.22. The van der Waals surface area contributed by atoms with Gasteiger partial charge in [0.25, 0.3) is 5.91 Å². The molecule has 134 valence electrons. The number of nitrogens with one attached hydrogen (secondary N) is 1. The van der Waals surface area contributed by atoms with E-state index in [1.54, 1.807) is 19.1 Å². The van der Waals surface area contributed by atoms with Crippen LogP contribution in [0.25, 0.3) is 0 Å². The fraction of sp³-hybridized carbons (Fsp3) is 0.353. The Morgan fingerprint density at radius 1 is 1.32 bits per heavy atom. The van der Waals surface area contributed by atoms with Gasteiger partial charge in [0.1, 0.15) is 5.76 Å². The molecule has 1 heterocycles. The van der Waals surface area contributed by atoms with E-state index < -0.39 is 18.0 Å². The van der Waals surface area contributed by atoms with Gasteiger partial charge in [0.15, 0.2) is 6.10 Å². The van der Waals surface area contributed by atoms with Gasteiger partial charge in [0.05, 0.1) is 16.4 Å². The summed E-state index contributed by atoms with van der Waals surface area (Å²) >= 11 is 11.8. The first kappa shape index (κ1) is 19.3. The first-order chi connectivity index (χ1) is 11.8. The van der Waals surface area contributed by atoms with Crippen molar-refractivity contribution < 1.29 is 18.8 Å². The Labute approximate surface area is 155 Å². The van der Waals surface area contributed by atoms with Crippen LogP contribution in [0.4, 0.5) is 5.69 Å². The summed E-state index contributed by atoms with van der Waals surface area (Å²) in [4.78, 5) is 24.1. The number of anilines is 1. The van der Waals surface area contributed by atoms with Gasteiger partial charge in [0.2, 0.25) is 0 Å². The normalized spacial score (nSPS) is 11.9. The van der Waals surface area contributed by atoms with Crippen LogP contribution in [0.5, 0.6) is 0 Å². The lowest BCUT2D eigenvalue weighted by Crippen LogP contribution is -2.30. The molecule has 0 fully saturated rings. The summed E-state index contributed by atoms with van der Waals surface area (Å²) in [6.45, 7) is 5.09. The highest BCUT2D eigenvalue weighted by atomic mass is 35.5. The first-order valence-electron chi connectivity index (χ1n) is 7.65. The zero-order valence-electron chi connectivity index (χ0n) is 14.1. The van der Waals surface area contributed by atoms with Gasteiger partial charge in [-0.05, 0) is 45.4 Å². The molecule has 0 bridgehead atoms. The Bertz CT molecular complexity index is 769. The van der Waals surface area contributed by atoms with Crippen LogP contribution in [0, 0.1) is 13.8 Å². The van der Waals surface area contributed by atoms with Crippen molar-refractivity contribution in [3.8, 4) is 0 Å².